The predicted molar refractivity (Wildman–Crippen MR) is 84.3 cm³/mol. The third-order valence-electron chi connectivity index (χ3n) is 3.98. The van der Waals surface area contributed by atoms with Crippen LogP contribution in [0.15, 0.2) is 22.7 Å². The lowest BCUT2D eigenvalue weighted by molar-refractivity contribution is 0.104. The van der Waals surface area contributed by atoms with E-state index in [0.717, 1.165) is 36.1 Å². The molecule has 0 aromatic heterocycles. The van der Waals surface area contributed by atoms with Crippen LogP contribution < -0.4 is 5.73 Å². The molecular formula is C15H23BrFN3. The predicted octanol–water partition coefficient (Wildman–Crippen LogP) is 2.09. The van der Waals surface area contributed by atoms with Crippen molar-refractivity contribution in [1.82, 2.24) is 9.80 Å². The molecule has 20 heavy (non-hydrogen) atoms. The zero-order valence-electron chi connectivity index (χ0n) is 12.1. The van der Waals surface area contributed by atoms with Gasteiger partial charge in [-0.05, 0) is 50.7 Å². The Morgan fingerprint density at radius 1 is 1.35 bits per heavy atom. The molecule has 0 amide bonds. The molecule has 1 aliphatic rings. The van der Waals surface area contributed by atoms with Gasteiger partial charge in [-0.2, -0.15) is 0 Å². The molecule has 1 fully saturated rings. The van der Waals surface area contributed by atoms with Crippen LogP contribution in [0.25, 0.3) is 0 Å². The first-order chi connectivity index (χ1) is 9.44. The Labute approximate surface area is 129 Å². The van der Waals surface area contributed by atoms with Gasteiger partial charge in [0.05, 0.1) is 0 Å². The second-order valence-corrected chi connectivity index (χ2v) is 6.79. The van der Waals surface area contributed by atoms with E-state index in [1.54, 1.807) is 6.07 Å². The molecule has 1 saturated heterocycles. The van der Waals surface area contributed by atoms with Crippen LogP contribution in [0.1, 0.15) is 12.0 Å². The van der Waals surface area contributed by atoms with Gasteiger partial charge in [0.25, 0.3) is 0 Å². The molecule has 1 aromatic carbocycles. The van der Waals surface area contributed by atoms with Crippen LogP contribution in [0.5, 0.6) is 0 Å². The summed E-state index contributed by atoms with van der Waals surface area (Å²) in [4.78, 5) is 4.72. The lowest BCUT2D eigenvalue weighted by Crippen LogP contribution is -2.51. The summed E-state index contributed by atoms with van der Waals surface area (Å²) in [7, 11) is 4.30. The summed E-state index contributed by atoms with van der Waals surface area (Å²) < 4.78 is 14.1. The summed E-state index contributed by atoms with van der Waals surface area (Å²) >= 11 is 3.32. The number of benzene rings is 1. The molecule has 112 valence electrons. The summed E-state index contributed by atoms with van der Waals surface area (Å²) in [6.45, 7) is 3.25. The van der Waals surface area contributed by atoms with Crippen molar-refractivity contribution >= 4 is 15.9 Å². The smallest absolute Gasteiger partial charge is 0.124 e. The van der Waals surface area contributed by atoms with Crippen molar-refractivity contribution in [3.8, 4) is 0 Å². The van der Waals surface area contributed by atoms with E-state index in [9.17, 15) is 4.39 Å². The zero-order chi connectivity index (χ0) is 14.7. The van der Waals surface area contributed by atoms with Crippen molar-refractivity contribution in [1.29, 1.82) is 0 Å². The van der Waals surface area contributed by atoms with Crippen LogP contribution in [-0.2, 0) is 6.42 Å². The number of rotatable bonds is 4. The van der Waals surface area contributed by atoms with Gasteiger partial charge in [-0.1, -0.05) is 15.9 Å². The molecule has 3 nitrogen and oxygen atoms in total. The third kappa shape index (κ3) is 4.52. The summed E-state index contributed by atoms with van der Waals surface area (Å²) in [5.74, 6) is -0.212. The highest BCUT2D eigenvalue weighted by atomic mass is 79.9. The maximum absolute atomic E-state index is 13.4. The normalized spacial score (nSPS) is 22.9. The number of nitrogens with zero attached hydrogens (tertiary/aromatic N) is 2. The lowest BCUT2D eigenvalue weighted by Gasteiger charge is -2.38. The van der Waals surface area contributed by atoms with Crippen molar-refractivity contribution in [3.63, 3.8) is 0 Å². The highest BCUT2D eigenvalue weighted by Crippen LogP contribution is 2.18. The van der Waals surface area contributed by atoms with Gasteiger partial charge in [0.15, 0.2) is 0 Å². The van der Waals surface area contributed by atoms with Gasteiger partial charge in [-0.25, -0.2) is 4.39 Å². The number of likely N-dealkylation sites (N-methyl/N-ethyl adjacent to an activating group) is 2. The fourth-order valence-electron chi connectivity index (χ4n) is 2.82. The summed E-state index contributed by atoms with van der Waals surface area (Å²) in [5.41, 5.74) is 7.22. The Bertz CT molecular complexity index is 434. The molecule has 5 heteroatoms. The largest absolute Gasteiger partial charge is 0.327 e. The molecule has 1 aromatic rings. The van der Waals surface area contributed by atoms with Crippen LogP contribution in [0.4, 0.5) is 4.39 Å². The number of nitrogens with two attached hydrogens (primary N) is 1. The third-order valence-corrected chi connectivity index (χ3v) is 4.43. The first kappa shape index (κ1) is 15.9. The van der Waals surface area contributed by atoms with E-state index in [4.69, 9.17) is 5.73 Å². The van der Waals surface area contributed by atoms with Gasteiger partial charge in [0, 0.05) is 36.2 Å². The van der Waals surface area contributed by atoms with E-state index in [1.807, 2.05) is 6.07 Å². The lowest BCUT2D eigenvalue weighted by atomic mass is 9.98. The number of hydrogen-bond acceptors (Lipinski definition) is 3. The molecule has 2 rings (SSSR count). The number of halogens is 2. The summed E-state index contributed by atoms with van der Waals surface area (Å²) in [6.07, 6.45) is 1.65. The molecular weight excluding hydrogens is 321 g/mol. The molecule has 0 radical (unpaired) electrons. The minimum Gasteiger partial charge on any atom is -0.327 e. The highest BCUT2D eigenvalue weighted by molar-refractivity contribution is 9.10. The van der Waals surface area contributed by atoms with Crippen LogP contribution in [0.2, 0.25) is 0 Å². The topological polar surface area (TPSA) is 32.5 Å². The molecule has 2 N–H and O–H groups in total. The number of hydrogen-bond donors (Lipinski definition) is 1. The second kappa shape index (κ2) is 6.98. The van der Waals surface area contributed by atoms with E-state index in [2.05, 4.69) is 39.8 Å². The minimum atomic E-state index is -0.212. The van der Waals surface area contributed by atoms with Crippen molar-refractivity contribution < 1.29 is 4.39 Å². The molecule has 2 unspecified atom stereocenters. The quantitative estimate of drug-likeness (QED) is 0.908. The SMILES string of the molecule is CN1CCN(C)C(CC(N)Cc2cc(F)cc(Br)c2)C1. The van der Waals surface area contributed by atoms with E-state index >= 15 is 0 Å². The van der Waals surface area contributed by atoms with Gasteiger partial charge < -0.3 is 15.5 Å². The Balaban J connectivity index is 1.92. The van der Waals surface area contributed by atoms with E-state index < -0.39 is 0 Å². The second-order valence-electron chi connectivity index (χ2n) is 5.87. The van der Waals surface area contributed by atoms with E-state index in [1.165, 1.54) is 6.07 Å². The van der Waals surface area contributed by atoms with Crippen LogP contribution in [0.3, 0.4) is 0 Å². The Kier molecular flexibility index (Phi) is 5.55. The van der Waals surface area contributed by atoms with Crippen molar-refractivity contribution in [2.75, 3.05) is 33.7 Å². The van der Waals surface area contributed by atoms with Gasteiger partial charge in [0.2, 0.25) is 0 Å². The zero-order valence-corrected chi connectivity index (χ0v) is 13.7. The van der Waals surface area contributed by atoms with Gasteiger partial charge >= 0.3 is 0 Å². The Hall–Kier alpha value is -0.490. The summed E-state index contributed by atoms with van der Waals surface area (Å²) in [5, 5.41) is 0. The highest BCUT2D eigenvalue weighted by Gasteiger charge is 2.24. The van der Waals surface area contributed by atoms with E-state index in [-0.39, 0.29) is 11.9 Å². The molecule has 0 saturated carbocycles. The standard InChI is InChI=1S/C15H23BrFN3/c1-19-3-4-20(2)15(10-19)9-14(18)7-11-5-12(16)8-13(17)6-11/h5-6,8,14-15H,3-4,7,9-10,18H2,1-2H3. The van der Waals surface area contributed by atoms with E-state index in [0.29, 0.717) is 12.5 Å². The average molecular weight is 344 g/mol. The molecule has 1 heterocycles. The summed E-state index contributed by atoms with van der Waals surface area (Å²) in [6, 6.07) is 5.53. The maximum atomic E-state index is 13.4. The van der Waals surface area contributed by atoms with Crippen molar-refractivity contribution in [2.24, 2.45) is 5.73 Å². The monoisotopic (exact) mass is 343 g/mol. The fourth-order valence-corrected chi connectivity index (χ4v) is 3.33. The van der Waals surface area contributed by atoms with Gasteiger partial charge in [-0.3, -0.25) is 0 Å². The number of piperazine rings is 1. The maximum Gasteiger partial charge on any atom is 0.124 e. The van der Waals surface area contributed by atoms with Crippen LogP contribution >= 0.6 is 15.9 Å². The molecule has 0 bridgehead atoms. The first-order valence-corrected chi connectivity index (χ1v) is 7.82. The van der Waals surface area contributed by atoms with Crippen LogP contribution in [-0.4, -0.2) is 55.6 Å². The van der Waals surface area contributed by atoms with Gasteiger partial charge in [0.1, 0.15) is 5.82 Å². The molecule has 0 spiro atoms. The average Bonchev–Trinajstić information content (AvgIpc) is 2.32. The Morgan fingerprint density at radius 3 is 2.80 bits per heavy atom. The van der Waals surface area contributed by atoms with Crippen molar-refractivity contribution in [2.45, 2.75) is 24.9 Å². The fraction of sp³-hybridized carbons (Fsp3) is 0.600. The van der Waals surface area contributed by atoms with Crippen LogP contribution in [0, 0.1) is 5.82 Å². The first-order valence-electron chi connectivity index (χ1n) is 7.03. The molecule has 1 aliphatic heterocycles. The Morgan fingerprint density at radius 2 is 2.10 bits per heavy atom. The molecule has 0 aliphatic carbocycles. The van der Waals surface area contributed by atoms with Gasteiger partial charge in [-0.15, -0.1) is 0 Å². The molecule has 2 atom stereocenters. The minimum absolute atomic E-state index is 0.0580. The van der Waals surface area contributed by atoms with Crippen molar-refractivity contribution in [3.05, 3.63) is 34.1 Å².